The molecular weight excluding hydrogens is 280 g/mol. The zero-order valence-electron chi connectivity index (χ0n) is 12.8. The van der Waals surface area contributed by atoms with Gasteiger partial charge in [-0.3, -0.25) is 19.3 Å². The zero-order chi connectivity index (χ0) is 15.4. The Hall–Kier alpha value is -1.65. The van der Waals surface area contributed by atoms with Gasteiger partial charge >= 0.3 is 0 Å². The van der Waals surface area contributed by atoms with E-state index < -0.39 is 0 Å². The van der Waals surface area contributed by atoms with Gasteiger partial charge < -0.3 is 5.32 Å². The van der Waals surface area contributed by atoms with Crippen LogP contribution in [0, 0.1) is 35.5 Å². The molecule has 5 nitrogen and oxygen atoms in total. The average Bonchev–Trinajstić information content (AvgIpc) is 2.87. The first-order valence-electron chi connectivity index (χ1n) is 8.39. The highest BCUT2D eigenvalue weighted by atomic mass is 16.2. The van der Waals surface area contributed by atoms with E-state index in [0.29, 0.717) is 25.4 Å². The topological polar surface area (TPSA) is 66.5 Å². The maximum atomic E-state index is 12.5. The molecule has 0 aromatic carbocycles. The minimum atomic E-state index is -0.107. The van der Waals surface area contributed by atoms with Crippen molar-refractivity contribution >= 4 is 17.7 Å². The molecule has 3 fully saturated rings. The molecule has 3 amide bonds. The van der Waals surface area contributed by atoms with Gasteiger partial charge in [-0.25, -0.2) is 0 Å². The van der Waals surface area contributed by atoms with Crippen molar-refractivity contribution in [3.63, 3.8) is 0 Å². The third kappa shape index (κ3) is 2.02. The lowest BCUT2D eigenvalue weighted by molar-refractivity contribution is -0.140. The molecule has 4 rings (SSSR count). The van der Waals surface area contributed by atoms with Crippen molar-refractivity contribution in [2.45, 2.75) is 26.2 Å². The first-order chi connectivity index (χ1) is 10.6. The summed E-state index contributed by atoms with van der Waals surface area (Å²) < 4.78 is 0. The van der Waals surface area contributed by atoms with Gasteiger partial charge in [0.1, 0.15) is 0 Å². The van der Waals surface area contributed by atoms with E-state index in [-0.39, 0.29) is 47.3 Å². The van der Waals surface area contributed by atoms with Crippen molar-refractivity contribution in [3.05, 3.63) is 12.2 Å². The quantitative estimate of drug-likeness (QED) is 0.467. The van der Waals surface area contributed by atoms with Crippen molar-refractivity contribution in [1.82, 2.24) is 10.2 Å². The van der Waals surface area contributed by atoms with Crippen molar-refractivity contribution in [2.24, 2.45) is 35.5 Å². The normalized spacial score (nSPS) is 41.2. The monoisotopic (exact) mass is 302 g/mol. The van der Waals surface area contributed by atoms with Crippen molar-refractivity contribution in [1.29, 1.82) is 0 Å². The molecule has 118 valence electrons. The van der Waals surface area contributed by atoms with Crippen molar-refractivity contribution < 1.29 is 14.4 Å². The number of rotatable bonds is 5. The Morgan fingerprint density at radius 3 is 2.32 bits per heavy atom. The molecule has 0 spiro atoms. The molecule has 0 unspecified atom stereocenters. The summed E-state index contributed by atoms with van der Waals surface area (Å²) in [5.74, 6) is 1.14. The molecule has 4 aliphatic rings. The molecule has 1 heterocycles. The number of nitrogens with one attached hydrogen (secondary N) is 1. The Kier molecular flexibility index (Phi) is 3.13. The standard InChI is InChI=1S/C17H22N2O3/c1-9-7-12(9)15(20)18-5-2-6-19-16(21)13-10-3-4-11(8-10)14(13)17(19)22/h3-4,9-14H,2,5-8H2,1H3,(H,18,20)/t9-,10+,11+,12-,13-,14+/m1/s1. The summed E-state index contributed by atoms with van der Waals surface area (Å²) in [6.07, 6.45) is 6.81. The zero-order valence-corrected chi connectivity index (χ0v) is 12.8. The summed E-state index contributed by atoms with van der Waals surface area (Å²) in [4.78, 5) is 38.1. The highest BCUT2D eigenvalue weighted by Crippen LogP contribution is 2.52. The summed E-state index contributed by atoms with van der Waals surface area (Å²) >= 11 is 0. The molecule has 2 saturated carbocycles. The Morgan fingerprint density at radius 2 is 1.77 bits per heavy atom. The summed E-state index contributed by atoms with van der Waals surface area (Å²) in [6.45, 7) is 3.05. The molecule has 1 N–H and O–H groups in total. The third-order valence-corrected chi connectivity index (χ3v) is 5.87. The predicted octanol–water partition coefficient (Wildman–Crippen LogP) is 0.956. The van der Waals surface area contributed by atoms with Gasteiger partial charge in [0.15, 0.2) is 0 Å². The van der Waals surface area contributed by atoms with Crippen molar-refractivity contribution in [3.8, 4) is 0 Å². The van der Waals surface area contributed by atoms with E-state index in [4.69, 9.17) is 0 Å². The van der Waals surface area contributed by atoms with Gasteiger partial charge in [-0.1, -0.05) is 19.1 Å². The first-order valence-corrected chi connectivity index (χ1v) is 8.39. The average molecular weight is 302 g/mol. The molecule has 0 radical (unpaired) electrons. The highest BCUT2D eigenvalue weighted by molar-refractivity contribution is 6.06. The maximum Gasteiger partial charge on any atom is 0.233 e. The molecule has 2 bridgehead atoms. The number of allylic oxidation sites excluding steroid dienone is 2. The molecule has 3 aliphatic carbocycles. The number of nitrogens with zero attached hydrogens (tertiary/aromatic N) is 1. The van der Waals surface area contributed by atoms with Gasteiger partial charge in [-0.05, 0) is 37.0 Å². The Balaban J connectivity index is 1.28. The molecule has 1 aliphatic heterocycles. The van der Waals surface area contributed by atoms with Crippen LogP contribution in [0.3, 0.4) is 0 Å². The second kappa shape index (κ2) is 4.93. The SMILES string of the molecule is C[C@@H]1C[C@H]1C(=O)NCCCN1C(=O)[C@@H]2[C@H](C1=O)[C@H]1C=C[C@H]2C1. The van der Waals surface area contributed by atoms with E-state index in [1.165, 1.54) is 4.90 Å². The fourth-order valence-electron chi connectivity index (χ4n) is 4.45. The number of fused-ring (bicyclic) bond motifs is 5. The van der Waals surface area contributed by atoms with Gasteiger partial charge in [-0.15, -0.1) is 0 Å². The van der Waals surface area contributed by atoms with Crippen LogP contribution < -0.4 is 5.32 Å². The van der Waals surface area contributed by atoms with Gasteiger partial charge in [-0.2, -0.15) is 0 Å². The van der Waals surface area contributed by atoms with Gasteiger partial charge in [0, 0.05) is 19.0 Å². The number of hydrogen-bond acceptors (Lipinski definition) is 3. The van der Waals surface area contributed by atoms with Crippen LogP contribution in [-0.4, -0.2) is 35.7 Å². The Labute approximate surface area is 130 Å². The Morgan fingerprint density at radius 1 is 1.18 bits per heavy atom. The summed E-state index contributed by atoms with van der Waals surface area (Å²) in [5, 5.41) is 2.91. The molecule has 1 saturated heterocycles. The van der Waals surface area contributed by atoms with Crippen LogP contribution in [-0.2, 0) is 14.4 Å². The van der Waals surface area contributed by atoms with Crippen LogP contribution in [0.2, 0.25) is 0 Å². The second-order valence-corrected chi connectivity index (χ2v) is 7.29. The molecule has 6 atom stereocenters. The van der Waals surface area contributed by atoms with Gasteiger partial charge in [0.05, 0.1) is 11.8 Å². The molecular formula is C17H22N2O3. The fraction of sp³-hybridized carbons (Fsp3) is 0.706. The number of hydrogen-bond donors (Lipinski definition) is 1. The lowest BCUT2D eigenvalue weighted by Crippen LogP contribution is -2.36. The fourth-order valence-corrected chi connectivity index (χ4v) is 4.45. The van der Waals surface area contributed by atoms with E-state index in [2.05, 4.69) is 24.4 Å². The summed E-state index contributed by atoms with van der Waals surface area (Å²) in [5.41, 5.74) is 0. The van der Waals surface area contributed by atoms with Crippen LogP contribution in [0.15, 0.2) is 12.2 Å². The van der Waals surface area contributed by atoms with Crippen LogP contribution in [0.1, 0.15) is 26.2 Å². The number of amides is 3. The van der Waals surface area contributed by atoms with Crippen LogP contribution in [0.5, 0.6) is 0 Å². The minimum absolute atomic E-state index is 0.00833. The van der Waals surface area contributed by atoms with Crippen LogP contribution in [0.25, 0.3) is 0 Å². The lowest BCUT2D eigenvalue weighted by atomic mass is 9.85. The van der Waals surface area contributed by atoms with E-state index in [1.807, 2.05) is 0 Å². The smallest absolute Gasteiger partial charge is 0.233 e. The summed E-state index contributed by atoms with van der Waals surface area (Å²) in [7, 11) is 0. The number of likely N-dealkylation sites (tertiary alicyclic amines) is 1. The van der Waals surface area contributed by atoms with E-state index in [0.717, 1.165) is 12.8 Å². The second-order valence-electron chi connectivity index (χ2n) is 7.29. The lowest BCUT2D eigenvalue weighted by Gasteiger charge is -2.17. The first kappa shape index (κ1) is 14.0. The van der Waals surface area contributed by atoms with Gasteiger partial charge in [0.25, 0.3) is 0 Å². The highest BCUT2D eigenvalue weighted by Gasteiger charge is 2.58. The molecule has 22 heavy (non-hydrogen) atoms. The summed E-state index contributed by atoms with van der Waals surface area (Å²) in [6, 6.07) is 0. The van der Waals surface area contributed by atoms with E-state index in [9.17, 15) is 14.4 Å². The van der Waals surface area contributed by atoms with Crippen LogP contribution in [0.4, 0.5) is 0 Å². The molecule has 0 aromatic heterocycles. The number of carbonyl (C=O) groups excluding carboxylic acids is 3. The predicted molar refractivity (Wildman–Crippen MR) is 79.3 cm³/mol. The number of carbonyl (C=O) groups is 3. The number of imide groups is 1. The Bertz CT molecular complexity index is 540. The minimum Gasteiger partial charge on any atom is -0.356 e. The molecule has 5 heteroatoms. The van der Waals surface area contributed by atoms with Crippen LogP contribution >= 0.6 is 0 Å². The maximum absolute atomic E-state index is 12.5. The third-order valence-electron chi connectivity index (χ3n) is 5.87. The van der Waals surface area contributed by atoms with Crippen molar-refractivity contribution in [2.75, 3.05) is 13.1 Å². The molecule has 0 aromatic rings. The van der Waals surface area contributed by atoms with Gasteiger partial charge in [0.2, 0.25) is 17.7 Å². The van der Waals surface area contributed by atoms with E-state index in [1.54, 1.807) is 0 Å². The largest absolute Gasteiger partial charge is 0.356 e. The van der Waals surface area contributed by atoms with E-state index >= 15 is 0 Å².